The molecule has 4 N–H and O–H groups in total. The third kappa shape index (κ3) is 1.46. The Kier molecular flexibility index (Phi) is 2.00. The van der Waals surface area contributed by atoms with Crippen molar-refractivity contribution in [3.05, 3.63) is 22.1 Å². The Morgan fingerprint density at radius 1 is 1.33 bits per heavy atom. The van der Waals surface area contributed by atoms with Gasteiger partial charge in [-0.2, -0.15) is 10.1 Å². The molecule has 0 unspecified atom stereocenters. The van der Waals surface area contributed by atoms with Crippen LogP contribution in [-0.4, -0.2) is 29.7 Å². The standard InChI is InChI=1S/C10H11N7O/c1-4-3-5(16-17(4)2)7-12-6-8(13-7)14-10(11)15-9(6)18/h3H,1-2H3,(H4,11,12,13,14,15,18). The fourth-order valence-electron chi connectivity index (χ4n) is 1.72. The summed E-state index contributed by atoms with van der Waals surface area (Å²) in [5, 5.41) is 4.28. The van der Waals surface area contributed by atoms with E-state index in [0.717, 1.165) is 5.69 Å². The number of hydrogen-bond donors (Lipinski definition) is 3. The van der Waals surface area contributed by atoms with Gasteiger partial charge in [0.25, 0.3) is 5.56 Å². The van der Waals surface area contributed by atoms with Gasteiger partial charge in [0.2, 0.25) is 5.95 Å². The summed E-state index contributed by atoms with van der Waals surface area (Å²) >= 11 is 0. The second-order valence-corrected chi connectivity index (χ2v) is 4.03. The smallest absolute Gasteiger partial charge is 0.278 e. The van der Waals surface area contributed by atoms with Crippen molar-refractivity contribution >= 4 is 17.1 Å². The van der Waals surface area contributed by atoms with E-state index in [9.17, 15) is 4.79 Å². The van der Waals surface area contributed by atoms with Crippen LogP contribution in [-0.2, 0) is 7.05 Å². The number of nitrogens with zero attached hydrogens (tertiary/aromatic N) is 4. The lowest BCUT2D eigenvalue weighted by molar-refractivity contribution is 0.741. The van der Waals surface area contributed by atoms with E-state index in [4.69, 9.17) is 5.73 Å². The number of nitrogens with one attached hydrogen (secondary N) is 2. The molecule has 0 aliphatic rings. The highest BCUT2D eigenvalue weighted by Crippen LogP contribution is 2.17. The van der Waals surface area contributed by atoms with Crippen LogP contribution in [0.1, 0.15) is 5.69 Å². The molecule has 0 fully saturated rings. The predicted molar refractivity (Wildman–Crippen MR) is 65.9 cm³/mol. The summed E-state index contributed by atoms with van der Waals surface area (Å²) < 4.78 is 1.73. The number of aromatic nitrogens is 6. The highest BCUT2D eigenvalue weighted by molar-refractivity contribution is 5.74. The summed E-state index contributed by atoms with van der Waals surface area (Å²) in [5.41, 5.74) is 7.35. The van der Waals surface area contributed by atoms with Crippen molar-refractivity contribution < 1.29 is 0 Å². The molecular formula is C10H11N7O. The number of anilines is 1. The van der Waals surface area contributed by atoms with Crippen molar-refractivity contribution in [2.75, 3.05) is 5.73 Å². The van der Waals surface area contributed by atoms with Gasteiger partial charge in [-0.15, -0.1) is 0 Å². The summed E-state index contributed by atoms with van der Waals surface area (Å²) in [6.45, 7) is 1.93. The topological polar surface area (TPSA) is 118 Å². The van der Waals surface area contributed by atoms with Crippen LogP contribution in [0.25, 0.3) is 22.7 Å². The average molecular weight is 245 g/mol. The average Bonchev–Trinajstić information content (AvgIpc) is 2.84. The Labute approximate surface area is 101 Å². The highest BCUT2D eigenvalue weighted by Gasteiger charge is 2.12. The Balaban J connectivity index is 2.25. The van der Waals surface area contributed by atoms with E-state index in [-0.39, 0.29) is 17.2 Å². The van der Waals surface area contributed by atoms with E-state index < -0.39 is 0 Å². The van der Waals surface area contributed by atoms with Crippen molar-refractivity contribution in [1.29, 1.82) is 0 Å². The van der Waals surface area contributed by atoms with E-state index >= 15 is 0 Å². The molecule has 0 radical (unpaired) electrons. The van der Waals surface area contributed by atoms with Gasteiger partial charge in [-0.25, -0.2) is 4.98 Å². The zero-order chi connectivity index (χ0) is 12.9. The first kappa shape index (κ1) is 10.5. The van der Waals surface area contributed by atoms with E-state index in [0.29, 0.717) is 17.0 Å². The summed E-state index contributed by atoms with van der Waals surface area (Å²) in [6.07, 6.45) is 0. The van der Waals surface area contributed by atoms with Crippen LogP contribution >= 0.6 is 0 Å². The Morgan fingerprint density at radius 3 is 2.78 bits per heavy atom. The molecule has 3 heterocycles. The fourth-order valence-corrected chi connectivity index (χ4v) is 1.72. The maximum atomic E-state index is 11.6. The molecule has 3 rings (SSSR count). The van der Waals surface area contributed by atoms with Crippen molar-refractivity contribution in [3.63, 3.8) is 0 Å². The van der Waals surface area contributed by atoms with Gasteiger partial charge in [-0.3, -0.25) is 14.5 Å². The molecular weight excluding hydrogens is 234 g/mol. The first-order chi connectivity index (χ1) is 8.54. The van der Waals surface area contributed by atoms with E-state index in [2.05, 4.69) is 25.0 Å². The molecule has 8 nitrogen and oxygen atoms in total. The molecule has 0 aromatic carbocycles. The molecule has 92 valence electrons. The number of fused-ring (bicyclic) bond motifs is 1. The Bertz CT molecular complexity index is 775. The van der Waals surface area contributed by atoms with Crippen LogP contribution in [0.4, 0.5) is 5.95 Å². The van der Waals surface area contributed by atoms with E-state index in [1.54, 1.807) is 4.68 Å². The molecule has 0 aliphatic heterocycles. The molecule has 0 aliphatic carbocycles. The number of rotatable bonds is 1. The molecule has 3 aromatic heterocycles. The normalized spacial score (nSPS) is 11.2. The van der Waals surface area contributed by atoms with Gasteiger partial charge in [0, 0.05) is 12.7 Å². The lowest BCUT2D eigenvalue weighted by Crippen LogP contribution is -2.10. The van der Waals surface area contributed by atoms with Gasteiger partial charge in [-0.05, 0) is 13.0 Å². The number of H-pyrrole nitrogens is 2. The van der Waals surface area contributed by atoms with Crippen LogP contribution in [0.3, 0.4) is 0 Å². The number of hydrogen-bond acceptors (Lipinski definition) is 5. The third-order valence-corrected chi connectivity index (χ3v) is 2.74. The monoisotopic (exact) mass is 245 g/mol. The van der Waals surface area contributed by atoms with Crippen LogP contribution in [0, 0.1) is 6.92 Å². The molecule has 18 heavy (non-hydrogen) atoms. The molecule has 0 spiro atoms. The second kappa shape index (κ2) is 3.42. The van der Waals surface area contributed by atoms with Crippen molar-refractivity contribution in [1.82, 2.24) is 29.7 Å². The lowest BCUT2D eigenvalue weighted by atomic mass is 10.3. The largest absolute Gasteiger partial charge is 0.369 e. The summed E-state index contributed by atoms with van der Waals surface area (Å²) in [7, 11) is 1.84. The van der Waals surface area contributed by atoms with Gasteiger partial charge >= 0.3 is 0 Å². The third-order valence-electron chi connectivity index (χ3n) is 2.74. The van der Waals surface area contributed by atoms with Crippen LogP contribution < -0.4 is 11.3 Å². The number of imidazole rings is 1. The minimum absolute atomic E-state index is 0.0442. The summed E-state index contributed by atoms with van der Waals surface area (Å²) in [4.78, 5) is 25.1. The predicted octanol–water partition coefficient (Wildman–Crippen LogP) is -0.0627. The zero-order valence-corrected chi connectivity index (χ0v) is 9.85. The molecule has 0 saturated carbocycles. The van der Waals surface area contributed by atoms with Gasteiger partial charge in [0.05, 0.1) is 0 Å². The zero-order valence-electron chi connectivity index (χ0n) is 9.85. The van der Waals surface area contributed by atoms with Gasteiger partial charge in [-0.1, -0.05) is 0 Å². The minimum Gasteiger partial charge on any atom is -0.369 e. The van der Waals surface area contributed by atoms with Crippen LogP contribution in [0.5, 0.6) is 0 Å². The number of aromatic amines is 2. The Morgan fingerprint density at radius 2 is 2.11 bits per heavy atom. The quantitative estimate of drug-likeness (QED) is 0.555. The SMILES string of the molecule is Cc1cc(-c2nc3nc(N)[nH]c(=O)c3[nH]2)nn1C. The molecule has 0 amide bonds. The maximum absolute atomic E-state index is 11.6. The van der Waals surface area contributed by atoms with Crippen molar-refractivity contribution in [3.8, 4) is 11.5 Å². The number of nitrogens with two attached hydrogens (primary N) is 1. The first-order valence-electron chi connectivity index (χ1n) is 5.31. The summed E-state index contributed by atoms with van der Waals surface area (Å²) in [5.74, 6) is 0.542. The maximum Gasteiger partial charge on any atom is 0.278 e. The molecule has 0 bridgehead atoms. The van der Waals surface area contributed by atoms with Gasteiger partial charge in [0.15, 0.2) is 17.0 Å². The number of aryl methyl sites for hydroxylation is 2. The molecule has 0 saturated heterocycles. The number of nitrogen functional groups attached to an aromatic ring is 1. The van der Waals surface area contributed by atoms with Crippen molar-refractivity contribution in [2.45, 2.75) is 6.92 Å². The Hall–Kier alpha value is -2.64. The van der Waals surface area contributed by atoms with Crippen LogP contribution in [0.2, 0.25) is 0 Å². The molecule has 3 aromatic rings. The second-order valence-electron chi connectivity index (χ2n) is 4.03. The van der Waals surface area contributed by atoms with E-state index in [1.165, 1.54) is 0 Å². The van der Waals surface area contributed by atoms with Crippen LogP contribution in [0.15, 0.2) is 10.9 Å². The highest BCUT2D eigenvalue weighted by atomic mass is 16.1. The molecule has 0 atom stereocenters. The van der Waals surface area contributed by atoms with E-state index in [1.807, 2.05) is 20.0 Å². The molecule has 8 heteroatoms. The minimum atomic E-state index is -0.344. The fraction of sp³-hybridized carbons (Fsp3) is 0.200. The van der Waals surface area contributed by atoms with Crippen molar-refractivity contribution in [2.24, 2.45) is 7.05 Å². The van der Waals surface area contributed by atoms with Gasteiger partial charge in [0.1, 0.15) is 5.69 Å². The lowest BCUT2D eigenvalue weighted by Gasteiger charge is -1.89. The first-order valence-corrected chi connectivity index (χ1v) is 5.31. The van der Waals surface area contributed by atoms with Gasteiger partial charge < -0.3 is 10.7 Å². The summed E-state index contributed by atoms with van der Waals surface area (Å²) in [6, 6.07) is 1.87.